The Balaban J connectivity index is 2.04. The van der Waals surface area contributed by atoms with Crippen LogP contribution >= 0.6 is 9.69 Å². The Bertz CT molecular complexity index is 224. The van der Waals surface area contributed by atoms with Crippen LogP contribution in [0.1, 0.15) is 0 Å². The Morgan fingerprint density at radius 3 is 1.42 bits per heavy atom. The average Bonchev–Trinajstić information content (AvgIpc) is 2.77. The molecule has 2 aliphatic rings. The molecule has 0 fully saturated rings. The molecular weight excluding hydrogens is 258 g/mol. The molecule has 0 heterocycles. The molecule has 2 aliphatic carbocycles. The summed E-state index contributed by atoms with van der Waals surface area (Å²) in [5.74, 6) is 0. The normalized spacial score (nSPS) is 22.9. The molecule has 2 rings (SSSR count). The predicted octanol–water partition coefficient (Wildman–Crippen LogP) is 3.59. The summed E-state index contributed by atoms with van der Waals surface area (Å²) in [5.41, 5.74) is 0. The first kappa shape index (κ1) is 8.47. The van der Waals surface area contributed by atoms with Crippen molar-refractivity contribution in [1.29, 1.82) is 0 Å². The third-order valence-corrected chi connectivity index (χ3v) is 7.13. The molecule has 0 unspecified atom stereocenters. The summed E-state index contributed by atoms with van der Waals surface area (Å²) in [6, 6.07) is 0. The fourth-order valence-corrected chi connectivity index (χ4v) is 4.99. The van der Waals surface area contributed by atoms with Gasteiger partial charge in [0.1, 0.15) is 0 Å². The molecule has 0 saturated heterocycles. The van der Waals surface area contributed by atoms with E-state index in [9.17, 15) is 0 Å². The summed E-state index contributed by atoms with van der Waals surface area (Å²) in [6.45, 7) is 0. The summed E-state index contributed by atoms with van der Waals surface area (Å²) in [6.07, 6.45) is 17.2. The Morgan fingerprint density at radius 1 is 0.750 bits per heavy atom. The van der Waals surface area contributed by atoms with E-state index < -0.39 is 15.0 Å². The van der Waals surface area contributed by atoms with Crippen LogP contribution in [0.5, 0.6) is 0 Å². The monoisotopic (exact) mass is 268 g/mol. The van der Waals surface area contributed by atoms with Gasteiger partial charge in [-0.1, -0.05) is 0 Å². The van der Waals surface area contributed by atoms with Gasteiger partial charge in [-0.05, 0) is 0 Å². The van der Waals surface area contributed by atoms with Gasteiger partial charge in [0.2, 0.25) is 0 Å². The zero-order valence-corrected chi connectivity index (χ0v) is 8.88. The molecule has 0 spiro atoms. The van der Waals surface area contributed by atoms with E-state index in [0.29, 0.717) is 9.02 Å². The van der Waals surface area contributed by atoms with Crippen molar-refractivity contribution in [1.82, 2.24) is 0 Å². The van der Waals surface area contributed by atoms with Gasteiger partial charge >= 0.3 is 82.3 Å². The molecule has 0 amide bonds. The second-order valence-electron chi connectivity index (χ2n) is 2.63. The van der Waals surface area contributed by atoms with Crippen molar-refractivity contribution in [2.24, 2.45) is 0 Å². The average molecular weight is 269 g/mol. The molecule has 66 valence electrons. The Labute approximate surface area is 82.2 Å². The first-order valence-electron chi connectivity index (χ1n) is 3.84. The van der Waals surface area contributed by atoms with Crippen LogP contribution in [0.4, 0.5) is 0 Å². The van der Waals surface area contributed by atoms with Crippen molar-refractivity contribution in [3.8, 4) is 0 Å². The van der Waals surface area contributed by atoms with Gasteiger partial charge in [0, 0.05) is 0 Å². The van der Waals surface area contributed by atoms with Gasteiger partial charge in [0.25, 0.3) is 0 Å². The molecule has 0 bridgehead atoms. The van der Waals surface area contributed by atoms with Gasteiger partial charge in [0.15, 0.2) is 0 Å². The van der Waals surface area contributed by atoms with Crippen molar-refractivity contribution in [3.63, 3.8) is 0 Å². The van der Waals surface area contributed by atoms with Crippen LogP contribution in [0.3, 0.4) is 0 Å². The van der Waals surface area contributed by atoms with E-state index in [2.05, 4.69) is 48.6 Å². The minimum atomic E-state index is -1.10. The zero-order chi connectivity index (χ0) is 8.39. The van der Waals surface area contributed by atoms with Crippen LogP contribution < -0.4 is 0 Å². The number of hydrogen-bond donors (Lipinski definition) is 0. The summed E-state index contributed by atoms with van der Waals surface area (Å²) in [5, 5.41) is 0. The molecule has 0 aromatic carbocycles. The quantitative estimate of drug-likeness (QED) is 0.672. The van der Waals surface area contributed by atoms with E-state index in [-0.39, 0.29) is 0 Å². The summed E-state index contributed by atoms with van der Waals surface area (Å²) in [4.78, 5) is 0. The molecule has 12 heavy (non-hydrogen) atoms. The molecule has 0 aliphatic heterocycles. The fourth-order valence-electron chi connectivity index (χ4n) is 1.18. The van der Waals surface area contributed by atoms with E-state index in [1.165, 1.54) is 0 Å². The van der Waals surface area contributed by atoms with Gasteiger partial charge in [-0.2, -0.15) is 0 Å². The zero-order valence-electron chi connectivity index (χ0n) is 6.48. The molecule has 0 saturated carbocycles. The van der Waals surface area contributed by atoms with Crippen LogP contribution in [0.15, 0.2) is 48.6 Å². The van der Waals surface area contributed by atoms with Crippen molar-refractivity contribution < 1.29 is 15.0 Å². The second-order valence-corrected chi connectivity index (χ2v) is 7.79. The van der Waals surface area contributed by atoms with Crippen molar-refractivity contribution in [2.45, 2.75) is 9.02 Å². The molecule has 0 atom stereocenters. The summed E-state index contributed by atoms with van der Waals surface area (Å²) >= 11 is -1.10. The van der Waals surface area contributed by atoms with E-state index in [1.807, 2.05) is 0 Å². The first-order valence-corrected chi connectivity index (χ1v) is 7.85. The van der Waals surface area contributed by atoms with Gasteiger partial charge in [-0.15, -0.1) is 0 Å². The Morgan fingerprint density at radius 2 is 1.08 bits per heavy atom. The maximum atomic E-state index is 6.42. The minimum absolute atomic E-state index is 0.537. The number of allylic oxidation sites excluding steroid dienone is 8. The standard InChI is InChI=1S/2C5H5.ClH.Rh/c2*1-2-4-5-3-1;;/h2*1-5H;1H;/q;;;+1/p-1. The Kier molecular flexibility index (Phi) is 2.63. The maximum absolute atomic E-state index is 6.42. The molecule has 0 nitrogen and oxygen atoms in total. The summed E-state index contributed by atoms with van der Waals surface area (Å²) in [7, 11) is 6.42. The molecule has 2 heteroatoms. The first-order chi connectivity index (χ1) is 5.88. The molecule has 0 radical (unpaired) electrons. The third-order valence-electron chi connectivity index (χ3n) is 1.79. The number of hydrogen-bond acceptors (Lipinski definition) is 0. The Hall–Kier alpha value is -0.127. The molecule has 0 aromatic rings. The van der Waals surface area contributed by atoms with Crippen molar-refractivity contribution >= 4 is 9.69 Å². The van der Waals surface area contributed by atoms with Crippen molar-refractivity contribution in [3.05, 3.63) is 48.6 Å². The molecular formula is C10H10ClRh. The number of halogens is 1. The summed E-state index contributed by atoms with van der Waals surface area (Å²) < 4.78 is 1.07. The fraction of sp³-hybridized carbons (Fsp3) is 0.200. The third kappa shape index (κ3) is 1.62. The van der Waals surface area contributed by atoms with Gasteiger partial charge in [0.05, 0.1) is 0 Å². The van der Waals surface area contributed by atoms with Crippen LogP contribution in [0.25, 0.3) is 0 Å². The van der Waals surface area contributed by atoms with Crippen LogP contribution in [-0.4, -0.2) is 0 Å². The van der Waals surface area contributed by atoms with Crippen molar-refractivity contribution in [2.75, 3.05) is 0 Å². The van der Waals surface area contributed by atoms with Gasteiger partial charge < -0.3 is 0 Å². The van der Waals surface area contributed by atoms with Crippen LogP contribution in [0, 0.1) is 0 Å². The van der Waals surface area contributed by atoms with E-state index in [4.69, 9.17) is 9.69 Å². The predicted molar refractivity (Wildman–Crippen MR) is 49.9 cm³/mol. The van der Waals surface area contributed by atoms with E-state index in [0.717, 1.165) is 0 Å². The van der Waals surface area contributed by atoms with Gasteiger partial charge in [-0.25, -0.2) is 0 Å². The molecule has 0 N–H and O–H groups in total. The van der Waals surface area contributed by atoms with Crippen LogP contribution in [-0.2, 0) is 15.0 Å². The topological polar surface area (TPSA) is 0 Å². The van der Waals surface area contributed by atoms with E-state index >= 15 is 0 Å². The van der Waals surface area contributed by atoms with Crippen LogP contribution in [0.2, 0.25) is 9.02 Å². The SMILES string of the molecule is [Cl][Rh]([CH]1C=CC=C1)[CH]1C=CC=C1. The van der Waals surface area contributed by atoms with Gasteiger partial charge in [-0.3, -0.25) is 0 Å². The number of rotatable bonds is 2. The van der Waals surface area contributed by atoms with E-state index in [1.54, 1.807) is 0 Å². The second kappa shape index (κ2) is 3.72. The molecule has 0 aromatic heterocycles.